The van der Waals surface area contributed by atoms with E-state index < -0.39 is 17.3 Å². The predicted molar refractivity (Wildman–Crippen MR) is 73.7 cm³/mol. The highest BCUT2D eigenvalue weighted by Gasteiger charge is 2.35. The van der Waals surface area contributed by atoms with Crippen molar-refractivity contribution in [3.63, 3.8) is 0 Å². The van der Waals surface area contributed by atoms with Crippen LogP contribution >= 0.6 is 0 Å². The minimum Gasteiger partial charge on any atom is -0.466 e. The van der Waals surface area contributed by atoms with Gasteiger partial charge in [-0.05, 0) is 45.6 Å². The van der Waals surface area contributed by atoms with Crippen LogP contribution in [0.5, 0.6) is 0 Å². The normalized spacial score (nSPS) is 14.9. The van der Waals surface area contributed by atoms with Gasteiger partial charge in [0.05, 0.1) is 24.1 Å². The Hall–Kier alpha value is -1.56. The number of alkyl halides is 3. The molecule has 1 aromatic carbocycles. The number of carbonyl (C=O) groups is 1. The number of benzene rings is 1. The van der Waals surface area contributed by atoms with Gasteiger partial charge in [0.25, 0.3) is 0 Å². The second-order valence-corrected chi connectivity index (χ2v) is 5.23. The van der Waals surface area contributed by atoms with Crippen molar-refractivity contribution in [2.45, 2.75) is 32.0 Å². The molecule has 1 atom stereocenters. The number of carbonyl (C=O) groups excluding carboxylic acids is 1. The lowest BCUT2D eigenvalue weighted by Crippen LogP contribution is -2.41. The van der Waals surface area contributed by atoms with Crippen LogP contribution in [0.25, 0.3) is 0 Å². The van der Waals surface area contributed by atoms with Crippen LogP contribution in [0.2, 0.25) is 0 Å². The van der Waals surface area contributed by atoms with Gasteiger partial charge in [-0.2, -0.15) is 13.2 Å². The van der Waals surface area contributed by atoms with Crippen molar-refractivity contribution in [2.75, 3.05) is 20.7 Å². The Balaban J connectivity index is 3.08. The molecular formula is C15H20F3NO2. The summed E-state index contributed by atoms with van der Waals surface area (Å²) in [6.07, 6.45) is -4.30. The Morgan fingerprint density at radius 1 is 1.14 bits per heavy atom. The Labute approximate surface area is 122 Å². The Kier molecular flexibility index (Phi) is 5.39. The van der Waals surface area contributed by atoms with E-state index in [0.717, 1.165) is 12.1 Å². The van der Waals surface area contributed by atoms with Crippen LogP contribution in [0, 0.1) is 0 Å². The number of esters is 1. The molecule has 0 saturated carbocycles. The molecule has 6 heteroatoms. The van der Waals surface area contributed by atoms with E-state index >= 15 is 0 Å². The maximum atomic E-state index is 12.6. The second kappa shape index (κ2) is 6.47. The van der Waals surface area contributed by atoms with Crippen LogP contribution in [-0.4, -0.2) is 31.6 Å². The molecule has 1 rings (SSSR count). The van der Waals surface area contributed by atoms with Crippen LogP contribution in [-0.2, 0) is 21.2 Å². The fourth-order valence-electron chi connectivity index (χ4n) is 2.03. The van der Waals surface area contributed by atoms with E-state index in [1.165, 1.54) is 12.1 Å². The van der Waals surface area contributed by atoms with E-state index in [4.69, 9.17) is 4.74 Å². The number of rotatable bonds is 5. The van der Waals surface area contributed by atoms with Gasteiger partial charge in [0.15, 0.2) is 0 Å². The minimum absolute atomic E-state index is 0.0687. The molecule has 0 heterocycles. The molecule has 0 saturated heterocycles. The molecule has 0 radical (unpaired) electrons. The van der Waals surface area contributed by atoms with Gasteiger partial charge >= 0.3 is 12.1 Å². The summed E-state index contributed by atoms with van der Waals surface area (Å²) in [5, 5.41) is 0. The zero-order valence-corrected chi connectivity index (χ0v) is 12.6. The van der Waals surface area contributed by atoms with Crippen LogP contribution in [0.15, 0.2) is 24.3 Å². The first-order valence-corrected chi connectivity index (χ1v) is 6.62. The van der Waals surface area contributed by atoms with Gasteiger partial charge in [-0.25, -0.2) is 0 Å². The standard InChI is InChI=1S/C15H20F3NO2/c1-5-21-13(20)10-14(2,19(3)4)11-6-8-12(9-7-11)15(16,17)18/h6-9H,5,10H2,1-4H3. The molecule has 0 aliphatic carbocycles. The van der Waals surface area contributed by atoms with E-state index in [9.17, 15) is 18.0 Å². The molecule has 0 N–H and O–H groups in total. The summed E-state index contributed by atoms with van der Waals surface area (Å²) in [5.74, 6) is -0.381. The van der Waals surface area contributed by atoms with Crippen molar-refractivity contribution in [1.29, 1.82) is 0 Å². The third-order valence-electron chi connectivity index (χ3n) is 3.62. The zero-order valence-electron chi connectivity index (χ0n) is 12.6. The van der Waals surface area contributed by atoms with Crippen molar-refractivity contribution >= 4 is 5.97 Å². The third kappa shape index (κ3) is 4.20. The average Bonchev–Trinajstić information content (AvgIpc) is 2.37. The summed E-state index contributed by atoms with van der Waals surface area (Å²) in [4.78, 5) is 13.5. The second-order valence-electron chi connectivity index (χ2n) is 5.23. The smallest absolute Gasteiger partial charge is 0.416 e. The third-order valence-corrected chi connectivity index (χ3v) is 3.62. The molecule has 0 aliphatic heterocycles. The van der Waals surface area contributed by atoms with Crippen LogP contribution in [0.1, 0.15) is 31.4 Å². The van der Waals surface area contributed by atoms with Crippen LogP contribution in [0.4, 0.5) is 13.2 Å². The van der Waals surface area contributed by atoms with Gasteiger partial charge in [-0.15, -0.1) is 0 Å². The van der Waals surface area contributed by atoms with E-state index in [1.54, 1.807) is 32.8 Å². The lowest BCUT2D eigenvalue weighted by Gasteiger charge is -2.36. The van der Waals surface area contributed by atoms with Crippen LogP contribution < -0.4 is 0 Å². The number of hydrogen-bond donors (Lipinski definition) is 0. The van der Waals surface area contributed by atoms with Crippen molar-refractivity contribution in [2.24, 2.45) is 0 Å². The molecule has 21 heavy (non-hydrogen) atoms. The quantitative estimate of drug-likeness (QED) is 0.780. The summed E-state index contributed by atoms with van der Waals surface area (Å²) in [6, 6.07) is 4.87. The maximum absolute atomic E-state index is 12.6. The van der Waals surface area contributed by atoms with Crippen molar-refractivity contribution in [3.05, 3.63) is 35.4 Å². The number of halogens is 3. The molecule has 0 amide bonds. The molecule has 118 valence electrons. The molecule has 1 unspecified atom stereocenters. The number of hydrogen-bond acceptors (Lipinski definition) is 3. The first-order chi connectivity index (χ1) is 9.61. The summed E-state index contributed by atoms with van der Waals surface area (Å²) >= 11 is 0. The van der Waals surface area contributed by atoms with Gasteiger partial charge in [0.2, 0.25) is 0 Å². The Morgan fingerprint density at radius 3 is 2.00 bits per heavy atom. The molecular weight excluding hydrogens is 283 g/mol. The highest BCUT2D eigenvalue weighted by molar-refractivity contribution is 5.71. The molecule has 0 fully saturated rings. The van der Waals surface area contributed by atoms with E-state index in [2.05, 4.69) is 0 Å². The van der Waals surface area contributed by atoms with Gasteiger partial charge in [-0.3, -0.25) is 9.69 Å². The van der Waals surface area contributed by atoms with Crippen molar-refractivity contribution < 1.29 is 22.7 Å². The summed E-state index contributed by atoms with van der Waals surface area (Å²) in [7, 11) is 3.55. The first-order valence-electron chi connectivity index (χ1n) is 6.62. The zero-order chi connectivity index (χ0) is 16.3. The molecule has 0 bridgehead atoms. The van der Waals surface area contributed by atoms with E-state index in [1.807, 2.05) is 0 Å². The maximum Gasteiger partial charge on any atom is 0.416 e. The first kappa shape index (κ1) is 17.5. The molecule has 0 aromatic heterocycles. The molecule has 3 nitrogen and oxygen atoms in total. The SMILES string of the molecule is CCOC(=O)CC(C)(c1ccc(C(F)(F)F)cc1)N(C)C. The Bertz CT molecular complexity index is 483. The molecule has 0 spiro atoms. The van der Waals surface area contributed by atoms with Crippen LogP contribution in [0.3, 0.4) is 0 Å². The summed E-state index contributed by atoms with van der Waals surface area (Å²) in [6.45, 7) is 3.78. The number of nitrogens with zero attached hydrogens (tertiary/aromatic N) is 1. The average molecular weight is 303 g/mol. The monoisotopic (exact) mass is 303 g/mol. The van der Waals surface area contributed by atoms with Gasteiger partial charge in [-0.1, -0.05) is 12.1 Å². The molecule has 1 aromatic rings. The van der Waals surface area contributed by atoms with Gasteiger partial charge in [0.1, 0.15) is 0 Å². The minimum atomic E-state index is -4.37. The van der Waals surface area contributed by atoms with Crippen molar-refractivity contribution in [1.82, 2.24) is 4.90 Å². The Morgan fingerprint density at radius 2 is 1.62 bits per heavy atom. The summed E-state index contributed by atoms with van der Waals surface area (Å²) < 4.78 is 42.7. The number of ether oxygens (including phenoxy) is 1. The van der Waals surface area contributed by atoms with E-state index in [0.29, 0.717) is 5.56 Å². The van der Waals surface area contributed by atoms with Gasteiger partial charge in [0, 0.05) is 0 Å². The summed E-state index contributed by atoms with van der Waals surface area (Å²) in [5.41, 5.74) is -0.798. The highest BCUT2D eigenvalue weighted by Crippen LogP contribution is 2.34. The van der Waals surface area contributed by atoms with Gasteiger partial charge < -0.3 is 4.74 Å². The lowest BCUT2D eigenvalue weighted by atomic mass is 9.87. The topological polar surface area (TPSA) is 29.5 Å². The fourth-order valence-corrected chi connectivity index (χ4v) is 2.03. The highest BCUT2D eigenvalue weighted by atomic mass is 19.4. The fraction of sp³-hybridized carbons (Fsp3) is 0.533. The van der Waals surface area contributed by atoms with Crippen molar-refractivity contribution in [3.8, 4) is 0 Å². The largest absolute Gasteiger partial charge is 0.466 e. The predicted octanol–water partition coefficient (Wildman–Crippen LogP) is 3.44. The molecule has 0 aliphatic rings. The lowest BCUT2D eigenvalue weighted by molar-refractivity contribution is -0.146. The van der Waals surface area contributed by atoms with E-state index in [-0.39, 0.29) is 19.0 Å².